The molecule has 0 N–H and O–H groups in total. The van der Waals surface area contributed by atoms with Gasteiger partial charge in [-0.1, -0.05) is 97.3 Å². The zero-order chi connectivity index (χ0) is 21.4. The quantitative estimate of drug-likeness (QED) is 0.203. The van der Waals surface area contributed by atoms with Crippen LogP contribution >= 0.6 is 0 Å². The second-order valence-electron chi connectivity index (χ2n) is 8.90. The fraction of sp³-hybridized carbons (Fsp3) is 0.920. The van der Waals surface area contributed by atoms with E-state index in [2.05, 4.69) is 13.8 Å². The number of carbonyl (C=O) groups is 2. The van der Waals surface area contributed by atoms with Gasteiger partial charge in [-0.05, 0) is 25.7 Å². The van der Waals surface area contributed by atoms with Gasteiger partial charge in [0.25, 0.3) is 0 Å². The summed E-state index contributed by atoms with van der Waals surface area (Å²) in [5, 5.41) is 0. The molecule has 170 valence electrons. The molecule has 1 aliphatic rings. The molecule has 1 aliphatic carbocycles. The van der Waals surface area contributed by atoms with Gasteiger partial charge in [-0.2, -0.15) is 0 Å². The third-order valence-electron chi connectivity index (χ3n) is 6.63. The number of rotatable bonds is 16. The Morgan fingerprint density at radius 2 is 1.41 bits per heavy atom. The van der Waals surface area contributed by atoms with Crippen molar-refractivity contribution in [1.82, 2.24) is 0 Å². The topological polar surface area (TPSA) is 52.6 Å². The molecule has 0 aliphatic heterocycles. The van der Waals surface area contributed by atoms with Crippen molar-refractivity contribution in [3.8, 4) is 0 Å². The first-order chi connectivity index (χ1) is 14.1. The molecule has 4 heteroatoms. The van der Waals surface area contributed by atoms with E-state index in [0.29, 0.717) is 6.61 Å². The Hall–Kier alpha value is -1.06. The lowest BCUT2D eigenvalue weighted by atomic mass is 9.63. The summed E-state index contributed by atoms with van der Waals surface area (Å²) in [5.41, 5.74) is -0.671. The molecule has 1 saturated carbocycles. The van der Waals surface area contributed by atoms with Gasteiger partial charge in [-0.3, -0.25) is 9.59 Å². The Bertz CT molecular complexity index is 448. The number of hydrogen-bond acceptors (Lipinski definition) is 4. The van der Waals surface area contributed by atoms with E-state index in [0.717, 1.165) is 57.8 Å². The summed E-state index contributed by atoms with van der Waals surface area (Å²) in [6, 6.07) is 0. The molecule has 29 heavy (non-hydrogen) atoms. The van der Waals surface area contributed by atoms with Crippen molar-refractivity contribution in [2.24, 2.45) is 11.3 Å². The van der Waals surface area contributed by atoms with Crippen LogP contribution in [0.25, 0.3) is 0 Å². The highest BCUT2D eigenvalue weighted by atomic mass is 16.5. The first-order valence-electron chi connectivity index (χ1n) is 12.4. The molecule has 0 saturated heterocycles. The van der Waals surface area contributed by atoms with Crippen molar-refractivity contribution in [2.45, 2.75) is 123 Å². The maximum atomic E-state index is 12.9. The highest BCUT2D eigenvalue weighted by Crippen LogP contribution is 2.47. The lowest BCUT2D eigenvalue weighted by Crippen LogP contribution is -2.46. The van der Waals surface area contributed by atoms with E-state index in [4.69, 9.17) is 9.47 Å². The minimum atomic E-state index is -0.671. The smallest absolute Gasteiger partial charge is 0.312 e. The highest BCUT2D eigenvalue weighted by Gasteiger charge is 2.51. The van der Waals surface area contributed by atoms with Crippen LogP contribution in [0.2, 0.25) is 0 Å². The van der Waals surface area contributed by atoms with Crippen LogP contribution in [0.5, 0.6) is 0 Å². The molecule has 0 aromatic heterocycles. The van der Waals surface area contributed by atoms with Crippen LogP contribution in [0.4, 0.5) is 0 Å². The molecule has 0 spiro atoms. The number of unbranched alkanes of at least 4 members (excludes halogenated alkanes) is 10. The average Bonchev–Trinajstić information content (AvgIpc) is 2.75. The van der Waals surface area contributed by atoms with Gasteiger partial charge in [0.1, 0.15) is 0 Å². The lowest BCUT2D eigenvalue weighted by molar-refractivity contribution is -0.172. The summed E-state index contributed by atoms with van der Waals surface area (Å²) in [6.07, 6.45) is 18.3. The van der Waals surface area contributed by atoms with Gasteiger partial charge in [-0.15, -0.1) is 0 Å². The zero-order valence-corrected chi connectivity index (χ0v) is 19.4. The van der Waals surface area contributed by atoms with Crippen LogP contribution in [0.1, 0.15) is 123 Å². The third-order valence-corrected chi connectivity index (χ3v) is 6.63. The molecule has 2 unspecified atom stereocenters. The maximum absolute atomic E-state index is 12.9. The predicted octanol–water partition coefficient (Wildman–Crippen LogP) is 6.99. The van der Waals surface area contributed by atoms with Crippen LogP contribution in [0.15, 0.2) is 0 Å². The first kappa shape index (κ1) is 26.0. The molecule has 1 rings (SSSR count). The normalized spacial score (nSPS) is 21.7. The van der Waals surface area contributed by atoms with Gasteiger partial charge < -0.3 is 9.47 Å². The van der Waals surface area contributed by atoms with Crippen molar-refractivity contribution < 1.29 is 19.1 Å². The van der Waals surface area contributed by atoms with Gasteiger partial charge in [-0.25, -0.2) is 0 Å². The second kappa shape index (κ2) is 15.7. The summed E-state index contributed by atoms with van der Waals surface area (Å²) in [7, 11) is 1.46. The van der Waals surface area contributed by atoms with Crippen molar-refractivity contribution in [2.75, 3.05) is 13.7 Å². The molecule has 0 aromatic carbocycles. The maximum Gasteiger partial charge on any atom is 0.312 e. The molecule has 1 fully saturated rings. The summed E-state index contributed by atoms with van der Waals surface area (Å²) in [6.45, 7) is 4.91. The first-order valence-corrected chi connectivity index (χ1v) is 12.4. The van der Waals surface area contributed by atoms with E-state index in [1.54, 1.807) is 0 Å². The monoisotopic (exact) mass is 410 g/mol. The molecule has 4 nitrogen and oxygen atoms in total. The van der Waals surface area contributed by atoms with E-state index < -0.39 is 5.41 Å². The predicted molar refractivity (Wildman–Crippen MR) is 119 cm³/mol. The van der Waals surface area contributed by atoms with Crippen molar-refractivity contribution >= 4 is 11.9 Å². The molecule has 2 atom stereocenters. The van der Waals surface area contributed by atoms with Gasteiger partial charge in [0.05, 0.1) is 25.0 Å². The van der Waals surface area contributed by atoms with Crippen LogP contribution in [-0.2, 0) is 19.1 Å². The average molecular weight is 411 g/mol. The van der Waals surface area contributed by atoms with E-state index >= 15 is 0 Å². The number of methoxy groups -OCH3 is 1. The molecule has 0 radical (unpaired) electrons. The van der Waals surface area contributed by atoms with Gasteiger partial charge >= 0.3 is 11.9 Å². The Morgan fingerprint density at radius 1 is 0.828 bits per heavy atom. The van der Waals surface area contributed by atoms with E-state index in [1.165, 1.54) is 58.5 Å². The minimum Gasteiger partial charge on any atom is -0.469 e. The van der Waals surface area contributed by atoms with Gasteiger partial charge in [0, 0.05) is 0 Å². The van der Waals surface area contributed by atoms with Gasteiger partial charge in [0.15, 0.2) is 0 Å². The second-order valence-corrected chi connectivity index (χ2v) is 8.90. The number of ether oxygens (including phenoxy) is 2. The third kappa shape index (κ3) is 9.09. The summed E-state index contributed by atoms with van der Waals surface area (Å²) in [4.78, 5) is 25.7. The zero-order valence-electron chi connectivity index (χ0n) is 19.4. The summed E-state index contributed by atoms with van der Waals surface area (Å²) in [5.74, 6) is -0.707. The Balaban J connectivity index is 2.57. The van der Waals surface area contributed by atoms with E-state index in [9.17, 15) is 9.59 Å². The largest absolute Gasteiger partial charge is 0.469 e. The van der Waals surface area contributed by atoms with Crippen molar-refractivity contribution in [3.05, 3.63) is 0 Å². The number of hydrogen-bond donors (Lipinski definition) is 0. The Kier molecular flexibility index (Phi) is 14.1. The van der Waals surface area contributed by atoms with E-state index in [1.807, 2.05) is 0 Å². The molecule has 0 amide bonds. The molecule has 0 bridgehead atoms. The minimum absolute atomic E-state index is 0.172. The number of esters is 2. The van der Waals surface area contributed by atoms with Crippen LogP contribution in [0, 0.1) is 11.3 Å². The summed E-state index contributed by atoms with van der Waals surface area (Å²) < 4.78 is 10.9. The summed E-state index contributed by atoms with van der Waals surface area (Å²) >= 11 is 0. The standard InChI is InChI=1S/C25H46O4/c1-4-6-8-10-12-15-19-25(24(27)28-3)20-16-14-18-22(25)23(26)29-21-17-13-11-9-7-5-2/h22H,4-21H2,1-3H3. The molecule has 0 aromatic rings. The molecular weight excluding hydrogens is 364 g/mol. The number of carbonyl (C=O) groups excluding carboxylic acids is 2. The van der Waals surface area contributed by atoms with Crippen LogP contribution in [-0.4, -0.2) is 25.7 Å². The fourth-order valence-corrected chi connectivity index (χ4v) is 4.81. The molecular formula is C25H46O4. The van der Waals surface area contributed by atoms with Crippen LogP contribution < -0.4 is 0 Å². The lowest BCUT2D eigenvalue weighted by Gasteiger charge is -2.40. The van der Waals surface area contributed by atoms with E-state index in [-0.39, 0.29) is 17.9 Å². The Morgan fingerprint density at radius 3 is 2.03 bits per heavy atom. The fourth-order valence-electron chi connectivity index (χ4n) is 4.81. The molecule has 0 heterocycles. The van der Waals surface area contributed by atoms with Crippen molar-refractivity contribution in [1.29, 1.82) is 0 Å². The van der Waals surface area contributed by atoms with Crippen LogP contribution in [0.3, 0.4) is 0 Å². The van der Waals surface area contributed by atoms with Gasteiger partial charge in [0.2, 0.25) is 0 Å². The highest BCUT2D eigenvalue weighted by molar-refractivity contribution is 5.85. The Labute approximate surface area is 179 Å². The van der Waals surface area contributed by atoms with Crippen molar-refractivity contribution in [3.63, 3.8) is 0 Å². The SMILES string of the molecule is CCCCCCCCOC(=O)C1CCCCC1(CCCCCCCC)C(=O)OC.